The van der Waals surface area contributed by atoms with E-state index in [9.17, 15) is 0 Å². The minimum Gasteiger partial charge on any atom is -0.411 e. The summed E-state index contributed by atoms with van der Waals surface area (Å²) >= 11 is 0. The molecule has 5 heteroatoms. The molecule has 0 saturated carbocycles. The van der Waals surface area contributed by atoms with Crippen LogP contribution in [0.1, 0.15) is 19.4 Å². The fourth-order valence-corrected chi connectivity index (χ4v) is 1.72. The first-order valence-corrected chi connectivity index (χ1v) is 5.77. The molecule has 0 saturated heterocycles. The molecule has 18 heavy (non-hydrogen) atoms. The van der Waals surface area contributed by atoms with Crippen molar-refractivity contribution in [2.75, 3.05) is 13.1 Å². The molecule has 1 rings (SSSR count). The molecule has 0 atom stereocenters. The highest BCUT2D eigenvalue weighted by molar-refractivity contribution is 5.86. The maximum absolute atomic E-state index is 8.72. The summed E-state index contributed by atoms with van der Waals surface area (Å²) in [6.45, 7) is 5.27. The molecular weight excluding hydrogens is 230 g/mol. The molecule has 0 amide bonds. The smallest absolute Gasteiger partial charge is 0.0680 e. The van der Waals surface area contributed by atoms with Gasteiger partial charge in [-0.15, -0.1) is 0 Å². The van der Waals surface area contributed by atoms with E-state index >= 15 is 0 Å². The van der Waals surface area contributed by atoms with Gasteiger partial charge in [-0.05, 0) is 19.4 Å². The summed E-state index contributed by atoms with van der Waals surface area (Å²) in [7, 11) is 0. The molecule has 0 fully saturated rings. The Balaban J connectivity index is 2.71. The molecule has 0 aromatic heterocycles. The summed E-state index contributed by atoms with van der Waals surface area (Å²) < 4.78 is 0. The normalized spacial score (nSPS) is 13.1. The zero-order chi connectivity index (χ0) is 13.4. The van der Waals surface area contributed by atoms with Gasteiger partial charge in [0.15, 0.2) is 0 Å². The second kappa shape index (κ2) is 7.45. The van der Waals surface area contributed by atoms with Gasteiger partial charge in [0.2, 0.25) is 0 Å². The number of hydrogen-bond acceptors (Lipinski definition) is 5. The van der Waals surface area contributed by atoms with Gasteiger partial charge in [0, 0.05) is 19.6 Å². The molecular formula is C13H19N3O2. The van der Waals surface area contributed by atoms with Crippen molar-refractivity contribution in [3.63, 3.8) is 0 Å². The van der Waals surface area contributed by atoms with Gasteiger partial charge < -0.3 is 10.4 Å². The summed E-state index contributed by atoms with van der Waals surface area (Å²) in [6.07, 6.45) is 0. The molecule has 0 spiro atoms. The second-order valence-corrected chi connectivity index (χ2v) is 4.30. The fourth-order valence-electron chi connectivity index (χ4n) is 1.72. The van der Waals surface area contributed by atoms with Crippen LogP contribution in [0, 0.1) is 0 Å². The van der Waals surface area contributed by atoms with E-state index in [2.05, 4.69) is 10.3 Å². The van der Waals surface area contributed by atoms with Gasteiger partial charge in [0.1, 0.15) is 0 Å². The van der Waals surface area contributed by atoms with Crippen LogP contribution < -0.4 is 0 Å². The van der Waals surface area contributed by atoms with Crippen molar-refractivity contribution >= 4 is 11.4 Å². The van der Waals surface area contributed by atoms with Gasteiger partial charge in [-0.1, -0.05) is 40.6 Å². The van der Waals surface area contributed by atoms with E-state index in [0.717, 1.165) is 5.56 Å². The van der Waals surface area contributed by atoms with E-state index in [1.807, 2.05) is 35.2 Å². The minimum atomic E-state index is 0.526. The molecule has 0 aliphatic rings. The number of nitrogens with zero attached hydrogens (tertiary/aromatic N) is 3. The monoisotopic (exact) mass is 249 g/mol. The lowest BCUT2D eigenvalue weighted by Gasteiger charge is -2.21. The Morgan fingerprint density at radius 2 is 1.50 bits per heavy atom. The molecule has 1 aromatic rings. The van der Waals surface area contributed by atoms with Crippen molar-refractivity contribution in [2.24, 2.45) is 10.3 Å². The summed E-state index contributed by atoms with van der Waals surface area (Å²) in [6, 6.07) is 9.99. The van der Waals surface area contributed by atoms with Gasteiger partial charge >= 0.3 is 0 Å². The molecule has 0 heterocycles. The van der Waals surface area contributed by atoms with Crippen LogP contribution in [0.25, 0.3) is 0 Å². The van der Waals surface area contributed by atoms with E-state index in [1.54, 1.807) is 13.8 Å². The Kier molecular flexibility index (Phi) is 5.87. The Labute approximate surface area is 107 Å². The van der Waals surface area contributed by atoms with Crippen molar-refractivity contribution in [1.82, 2.24) is 4.90 Å². The van der Waals surface area contributed by atoms with E-state index in [0.29, 0.717) is 31.1 Å². The van der Waals surface area contributed by atoms with Crippen LogP contribution in [0.4, 0.5) is 0 Å². The third-order valence-electron chi connectivity index (χ3n) is 2.50. The first kappa shape index (κ1) is 14.2. The molecule has 0 aliphatic carbocycles. The predicted octanol–water partition coefficient (Wildman–Crippen LogP) is 2.19. The van der Waals surface area contributed by atoms with Crippen molar-refractivity contribution in [3.8, 4) is 0 Å². The van der Waals surface area contributed by atoms with Crippen LogP contribution >= 0.6 is 0 Å². The van der Waals surface area contributed by atoms with Crippen molar-refractivity contribution in [1.29, 1.82) is 0 Å². The molecule has 98 valence electrons. The fraction of sp³-hybridized carbons (Fsp3) is 0.385. The topological polar surface area (TPSA) is 68.4 Å². The first-order chi connectivity index (χ1) is 8.65. The summed E-state index contributed by atoms with van der Waals surface area (Å²) in [4.78, 5) is 2.04. The van der Waals surface area contributed by atoms with E-state index in [-0.39, 0.29) is 0 Å². The highest BCUT2D eigenvalue weighted by Crippen LogP contribution is 2.05. The Morgan fingerprint density at radius 1 is 1.00 bits per heavy atom. The summed E-state index contributed by atoms with van der Waals surface area (Å²) in [5.41, 5.74) is 2.40. The van der Waals surface area contributed by atoms with Gasteiger partial charge in [0.25, 0.3) is 0 Å². The number of hydrogen-bond donors (Lipinski definition) is 2. The average Bonchev–Trinajstić information content (AvgIpc) is 2.39. The van der Waals surface area contributed by atoms with Crippen LogP contribution in [-0.2, 0) is 6.54 Å². The Bertz CT molecular complexity index is 396. The number of rotatable bonds is 6. The third-order valence-corrected chi connectivity index (χ3v) is 2.50. The van der Waals surface area contributed by atoms with Gasteiger partial charge in [-0.25, -0.2) is 0 Å². The molecule has 1 aromatic carbocycles. The molecule has 0 aliphatic heterocycles. The van der Waals surface area contributed by atoms with Crippen molar-refractivity contribution < 1.29 is 10.4 Å². The van der Waals surface area contributed by atoms with Crippen molar-refractivity contribution in [2.45, 2.75) is 20.4 Å². The van der Waals surface area contributed by atoms with Crippen LogP contribution in [-0.4, -0.2) is 39.8 Å². The predicted molar refractivity (Wildman–Crippen MR) is 71.5 cm³/mol. The van der Waals surface area contributed by atoms with E-state index in [1.165, 1.54) is 0 Å². The zero-order valence-electron chi connectivity index (χ0n) is 10.7. The van der Waals surface area contributed by atoms with Crippen LogP contribution in [0.5, 0.6) is 0 Å². The molecule has 0 unspecified atom stereocenters. The first-order valence-electron chi connectivity index (χ1n) is 5.77. The summed E-state index contributed by atoms with van der Waals surface area (Å²) in [5, 5.41) is 23.8. The van der Waals surface area contributed by atoms with E-state index < -0.39 is 0 Å². The van der Waals surface area contributed by atoms with Crippen LogP contribution in [0.2, 0.25) is 0 Å². The third kappa shape index (κ3) is 4.97. The zero-order valence-corrected chi connectivity index (χ0v) is 10.7. The Hall–Kier alpha value is -1.88. The standard InChI is InChI=1S/C13H19N3O2/c1-11(14-17)8-16(9-12(2)15-18)10-13-6-4-3-5-7-13/h3-7,17-18H,8-10H2,1-2H3. The number of oxime groups is 2. The average molecular weight is 249 g/mol. The minimum absolute atomic E-state index is 0.526. The Morgan fingerprint density at radius 3 is 1.94 bits per heavy atom. The molecule has 5 nitrogen and oxygen atoms in total. The van der Waals surface area contributed by atoms with Crippen molar-refractivity contribution in [3.05, 3.63) is 35.9 Å². The largest absolute Gasteiger partial charge is 0.411 e. The number of benzene rings is 1. The molecule has 2 N–H and O–H groups in total. The summed E-state index contributed by atoms with van der Waals surface area (Å²) in [5.74, 6) is 0. The quantitative estimate of drug-likeness (QED) is 0.461. The van der Waals surface area contributed by atoms with Gasteiger partial charge in [-0.3, -0.25) is 4.90 Å². The second-order valence-electron chi connectivity index (χ2n) is 4.30. The highest BCUT2D eigenvalue weighted by Gasteiger charge is 2.09. The lowest BCUT2D eigenvalue weighted by molar-refractivity contribution is 0.295. The maximum atomic E-state index is 8.72. The lowest BCUT2D eigenvalue weighted by Crippen LogP contribution is -2.32. The van der Waals surface area contributed by atoms with Gasteiger partial charge in [0.05, 0.1) is 11.4 Å². The molecule has 0 radical (unpaired) electrons. The highest BCUT2D eigenvalue weighted by atomic mass is 16.4. The SMILES string of the molecule is CC(CN(CC(C)=NO)Cc1ccccc1)=NO. The van der Waals surface area contributed by atoms with Crippen LogP contribution in [0.3, 0.4) is 0 Å². The lowest BCUT2D eigenvalue weighted by atomic mass is 10.2. The molecule has 0 bridgehead atoms. The van der Waals surface area contributed by atoms with Gasteiger partial charge in [-0.2, -0.15) is 0 Å². The van der Waals surface area contributed by atoms with Crippen LogP contribution in [0.15, 0.2) is 40.6 Å². The van der Waals surface area contributed by atoms with E-state index in [4.69, 9.17) is 10.4 Å². The maximum Gasteiger partial charge on any atom is 0.0680 e.